The number of carbonyl (C=O) groups excluding carboxylic acids is 2. The van der Waals surface area contributed by atoms with Gasteiger partial charge in [-0.15, -0.1) is 0 Å². The van der Waals surface area contributed by atoms with Crippen LogP contribution >= 0.6 is 11.6 Å². The van der Waals surface area contributed by atoms with E-state index in [-0.39, 0.29) is 17.7 Å². The van der Waals surface area contributed by atoms with Gasteiger partial charge >= 0.3 is 0 Å². The maximum absolute atomic E-state index is 13.5. The van der Waals surface area contributed by atoms with E-state index in [2.05, 4.69) is 5.32 Å². The number of benzene rings is 2. The number of nitrogens with one attached hydrogen (secondary N) is 1. The summed E-state index contributed by atoms with van der Waals surface area (Å²) >= 11 is 6.03. The highest BCUT2D eigenvalue weighted by atomic mass is 35.5. The third kappa shape index (κ3) is 6.17. The average molecular weight is 501 g/mol. The van der Waals surface area contributed by atoms with Crippen LogP contribution in [0.3, 0.4) is 0 Å². The molecule has 1 heterocycles. The molecule has 7 heteroatoms. The Labute approximate surface area is 213 Å². The molecule has 2 aromatic carbocycles. The number of likely N-dealkylation sites (tertiary alicyclic amines) is 1. The topological polar surface area (TPSA) is 78.9 Å². The maximum atomic E-state index is 13.5. The predicted molar refractivity (Wildman–Crippen MR) is 138 cm³/mol. The van der Waals surface area contributed by atoms with Crippen molar-refractivity contribution >= 4 is 23.4 Å². The second-order valence-corrected chi connectivity index (χ2v) is 10.8. The number of carbonyl (C=O) groups is 2. The third-order valence-corrected chi connectivity index (χ3v) is 7.38. The summed E-state index contributed by atoms with van der Waals surface area (Å²) in [6.07, 6.45) is 1.29. The van der Waals surface area contributed by atoms with Crippen molar-refractivity contribution in [3.63, 3.8) is 0 Å². The number of methoxy groups -OCH3 is 1. The van der Waals surface area contributed by atoms with E-state index in [1.165, 1.54) is 0 Å². The molecular formula is C28H37ClN2O4. The summed E-state index contributed by atoms with van der Waals surface area (Å²) in [7, 11) is 1.62. The monoisotopic (exact) mass is 500 g/mol. The van der Waals surface area contributed by atoms with Crippen LogP contribution in [-0.2, 0) is 21.6 Å². The van der Waals surface area contributed by atoms with E-state index in [0.717, 1.165) is 16.9 Å². The van der Waals surface area contributed by atoms with E-state index < -0.39 is 17.1 Å². The number of aliphatic hydroxyl groups is 1. The number of aryl methyl sites for hydroxylation is 1. The number of hydrogen-bond donors (Lipinski definition) is 2. The molecule has 0 aromatic heterocycles. The summed E-state index contributed by atoms with van der Waals surface area (Å²) in [6.45, 7) is 8.61. The van der Waals surface area contributed by atoms with Crippen molar-refractivity contribution in [2.75, 3.05) is 20.2 Å². The molecule has 1 aliphatic heterocycles. The minimum Gasteiger partial charge on any atom is -0.497 e. The van der Waals surface area contributed by atoms with E-state index in [1.807, 2.05) is 64.1 Å². The van der Waals surface area contributed by atoms with E-state index in [4.69, 9.17) is 16.3 Å². The molecule has 2 atom stereocenters. The molecular weight excluding hydrogens is 464 g/mol. The smallest absolute Gasteiger partial charge is 0.245 e. The van der Waals surface area contributed by atoms with Gasteiger partial charge in [0.2, 0.25) is 11.8 Å². The molecule has 0 radical (unpaired) electrons. The summed E-state index contributed by atoms with van der Waals surface area (Å²) < 4.78 is 5.17. The first-order valence-corrected chi connectivity index (χ1v) is 12.5. The lowest BCUT2D eigenvalue weighted by atomic mass is 9.66. The molecule has 3 rings (SSSR count). The van der Waals surface area contributed by atoms with E-state index in [9.17, 15) is 14.7 Å². The minimum absolute atomic E-state index is 0.0624. The van der Waals surface area contributed by atoms with Gasteiger partial charge in [0.1, 0.15) is 11.8 Å². The van der Waals surface area contributed by atoms with Crippen LogP contribution in [0, 0.1) is 11.3 Å². The fraction of sp³-hybridized carbons (Fsp3) is 0.500. The second-order valence-electron chi connectivity index (χ2n) is 10.4. The first kappa shape index (κ1) is 27.0. The zero-order valence-electron chi connectivity index (χ0n) is 21.3. The molecule has 35 heavy (non-hydrogen) atoms. The molecule has 0 unspecified atom stereocenters. The Bertz CT molecular complexity index is 1020. The number of amides is 2. The molecule has 0 aliphatic carbocycles. The molecule has 6 nitrogen and oxygen atoms in total. The summed E-state index contributed by atoms with van der Waals surface area (Å²) in [5, 5.41) is 15.2. The molecule has 0 spiro atoms. The SMILES string of the molecule is COc1ccc(CCC(=O)N[C@@H](C(=O)N2CC[C@](O)(c3ccc(Cl)cc3)C(C)(C)C2)C(C)C)cc1. The molecule has 190 valence electrons. The van der Waals surface area contributed by atoms with Gasteiger partial charge in [0.25, 0.3) is 0 Å². The lowest BCUT2D eigenvalue weighted by Crippen LogP contribution is -2.60. The lowest BCUT2D eigenvalue weighted by Gasteiger charge is -2.51. The van der Waals surface area contributed by atoms with Crippen LogP contribution in [0.4, 0.5) is 0 Å². The van der Waals surface area contributed by atoms with Gasteiger partial charge in [0.15, 0.2) is 0 Å². The van der Waals surface area contributed by atoms with Gasteiger partial charge in [0.05, 0.1) is 12.7 Å². The number of rotatable bonds is 8. The van der Waals surface area contributed by atoms with E-state index >= 15 is 0 Å². The van der Waals surface area contributed by atoms with Crippen molar-refractivity contribution in [1.82, 2.24) is 10.2 Å². The zero-order chi connectivity index (χ0) is 25.8. The molecule has 2 N–H and O–H groups in total. The Balaban J connectivity index is 1.64. The average Bonchev–Trinajstić information content (AvgIpc) is 2.83. The third-order valence-electron chi connectivity index (χ3n) is 7.13. The van der Waals surface area contributed by atoms with E-state index in [1.54, 1.807) is 24.1 Å². The molecule has 0 saturated carbocycles. The van der Waals surface area contributed by atoms with Crippen molar-refractivity contribution < 1.29 is 19.4 Å². The van der Waals surface area contributed by atoms with Crippen LogP contribution in [0.15, 0.2) is 48.5 Å². The quantitative estimate of drug-likeness (QED) is 0.556. The maximum Gasteiger partial charge on any atom is 0.245 e. The van der Waals surface area contributed by atoms with Crippen LogP contribution in [0.1, 0.15) is 51.7 Å². The van der Waals surface area contributed by atoms with Crippen LogP contribution in [0.25, 0.3) is 0 Å². The Hall–Kier alpha value is -2.57. The molecule has 0 bridgehead atoms. The summed E-state index contributed by atoms with van der Waals surface area (Å²) in [5.74, 6) is 0.453. The molecule has 2 aromatic rings. The Morgan fingerprint density at radius 3 is 2.29 bits per heavy atom. The van der Waals surface area contributed by atoms with Gasteiger partial charge in [-0.3, -0.25) is 9.59 Å². The summed E-state index contributed by atoms with van der Waals surface area (Å²) in [4.78, 5) is 28.0. The highest BCUT2D eigenvalue weighted by Gasteiger charge is 2.50. The van der Waals surface area contributed by atoms with Gasteiger partial charge in [0, 0.05) is 29.9 Å². The van der Waals surface area contributed by atoms with Gasteiger partial charge in [-0.05, 0) is 54.2 Å². The van der Waals surface area contributed by atoms with Crippen molar-refractivity contribution in [2.24, 2.45) is 11.3 Å². The van der Waals surface area contributed by atoms with Crippen LogP contribution < -0.4 is 10.1 Å². The number of halogens is 1. The van der Waals surface area contributed by atoms with Crippen LogP contribution in [-0.4, -0.2) is 48.1 Å². The van der Waals surface area contributed by atoms with Crippen molar-refractivity contribution in [3.8, 4) is 5.75 Å². The molecule has 1 fully saturated rings. The van der Waals surface area contributed by atoms with Gasteiger partial charge in [-0.25, -0.2) is 0 Å². The minimum atomic E-state index is -1.08. The molecule has 1 saturated heterocycles. The number of piperidine rings is 1. The van der Waals surface area contributed by atoms with Gasteiger partial charge < -0.3 is 20.1 Å². The standard InChI is InChI=1S/C28H37ClN2O4/c1-19(2)25(30-24(32)15-8-20-6-13-23(35-5)14-7-20)26(33)31-17-16-28(34,27(3,4)18-31)21-9-11-22(29)12-10-21/h6-7,9-14,19,25,34H,8,15-18H2,1-5H3,(H,30,32)/t25-,28+/m1/s1. The largest absolute Gasteiger partial charge is 0.497 e. The second kappa shape index (κ2) is 11.0. The first-order chi connectivity index (χ1) is 16.5. The van der Waals surface area contributed by atoms with Crippen LogP contribution in [0.5, 0.6) is 5.75 Å². The lowest BCUT2D eigenvalue weighted by molar-refractivity contribution is -0.156. The Kier molecular flexibility index (Phi) is 8.50. The number of ether oxygens (including phenoxy) is 1. The van der Waals surface area contributed by atoms with Crippen molar-refractivity contribution in [3.05, 3.63) is 64.7 Å². The summed E-state index contributed by atoms with van der Waals surface area (Å²) in [6, 6.07) is 14.3. The number of hydrogen-bond acceptors (Lipinski definition) is 4. The number of nitrogens with zero attached hydrogens (tertiary/aromatic N) is 1. The van der Waals surface area contributed by atoms with Gasteiger partial charge in [-0.1, -0.05) is 63.6 Å². The predicted octanol–water partition coefficient (Wildman–Crippen LogP) is 4.57. The zero-order valence-corrected chi connectivity index (χ0v) is 22.1. The van der Waals surface area contributed by atoms with Crippen molar-refractivity contribution in [1.29, 1.82) is 0 Å². The van der Waals surface area contributed by atoms with Gasteiger partial charge in [-0.2, -0.15) is 0 Å². The Morgan fingerprint density at radius 1 is 1.11 bits per heavy atom. The highest BCUT2D eigenvalue weighted by molar-refractivity contribution is 6.30. The molecule has 2 amide bonds. The normalized spacial score (nSPS) is 20.4. The fourth-order valence-corrected chi connectivity index (χ4v) is 4.90. The molecule has 1 aliphatic rings. The fourth-order valence-electron chi connectivity index (χ4n) is 4.78. The van der Waals surface area contributed by atoms with Crippen LogP contribution in [0.2, 0.25) is 5.02 Å². The first-order valence-electron chi connectivity index (χ1n) is 12.2. The highest BCUT2D eigenvalue weighted by Crippen LogP contribution is 2.46. The Morgan fingerprint density at radius 2 is 1.74 bits per heavy atom. The van der Waals surface area contributed by atoms with E-state index in [0.29, 0.717) is 37.4 Å². The van der Waals surface area contributed by atoms with Crippen molar-refractivity contribution in [2.45, 2.75) is 58.6 Å². The summed E-state index contributed by atoms with van der Waals surface area (Å²) in [5.41, 5.74) is 0.164.